The predicted octanol–water partition coefficient (Wildman–Crippen LogP) is 4.38. The minimum Gasteiger partial charge on any atom is -0.495 e. The molecule has 0 bridgehead atoms. The zero-order valence-electron chi connectivity index (χ0n) is 20.8. The van der Waals surface area contributed by atoms with Crippen molar-refractivity contribution in [2.75, 3.05) is 31.2 Å². The molecule has 0 saturated carbocycles. The molecule has 1 fully saturated rings. The van der Waals surface area contributed by atoms with Crippen LogP contribution in [0.4, 0.5) is 11.5 Å². The van der Waals surface area contributed by atoms with E-state index in [1.54, 1.807) is 7.11 Å². The monoisotopic (exact) mass is 485 g/mol. The molecule has 9 nitrogen and oxygen atoms in total. The molecule has 5 rings (SSSR count). The largest absolute Gasteiger partial charge is 0.495 e. The Morgan fingerprint density at radius 2 is 1.89 bits per heavy atom. The van der Waals surface area contributed by atoms with Crippen molar-refractivity contribution in [2.45, 2.75) is 38.6 Å². The third-order valence-corrected chi connectivity index (χ3v) is 6.74. The number of nitrogens with zero attached hydrogens (tertiary/aromatic N) is 4. The van der Waals surface area contributed by atoms with Gasteiger partial charge < -0.3 is 21.1 Å². The average molecular weight is 486 g/mol. The third kappa shape index (κ3) is 4.49. The number of amides is 1. The van der Waals surface area contributed by atoms with Crippen LogP contribution in [0.25, 0.3) is 22.3 Å². The number of carbonyl (C=O) groups is 1. The van der Waals surface area contributed by atoms with Gasteiger partial charge in [-0.3, -0.25) is 4.79 Å². The molecule has 0 atom stereocenters. The number of ether oxygens (including phenoxy) is 1. The summed E-state index contributed by atoms with van der Waals surface area (Å²) in [5, 5.41) is 12.0. The minimum absolute atomic E-state index is 0.199. The quantitative estimate of drug-likeness (QED) is 0.371. The van der Waals surface area contributed by atoms with Gasteiger partial charge in [0.1, 0.15) is 23.6 Å². The number of carbonyl (C=O) groups excluding carboxylic acids is 1. The summed E-state index contributed by atoms with van der Waals surface area (Å²) in [5.74, 6) is 1.12. The van der Waals surface area contributed by atoms with Gasteiger partial charge in [0.25, 0.3) is 5.91 Å². The Morgan fingerprint density at radius 3 is 2.58 bits per heavy atom. The summed E-state index contributed by atoms with van der Waals surface area (Å²) in [5.41, 5.74) is 10.9. The van der Waals surface area contributed by atoms with Crippen molar-refractivity contribution in [1.29, 1.82) is 0 Å². The molecule has 186 valence electrons. The highest BCUT2D eigenvalue weighted by atomic mass is 16.5. The van der Waals surface area contributed by atoms with Crippen molar-refractivity contribution in [3.63, 3.8) is 0 Å². The first-order chi connectivity index (χ1) is 17.5. The van der Waals surface area contributed by atoms with E-state index in [0.29, 0.717) is 34.4 Å². The zero-order valence-corrected chi connectivity index (χ0v) is 20.8. The molecule has 0 spiro atoms. The van der Waals surface area contributed by atoms with Gasteiger partial charge in [0.05, 0.1) is 24.2 Å². The number of nitrogens with one attached hydrogen (secondary N) is 2. The van der Waals surface area contributed by atoms with E-state index in [4.69, 9.17) is 15.6 Å². The van der Waals surface area contributed by atoms with E-state index in [0.717, 1.165) is 42.5 Å². The Labute approximate surface area is 210 Å². The molecule has 36 heavy (non-hydrogen) atoms. The molecule has 4 N–H and O–H groups in total. The third-order valence-electron chi connectivity index (χ3n) is 6.74. The summed E-state index contributed by atoms with van der Waals surface area (Å²) >= 11 is 0. The lowest BCUT2D eigenvalue weighted by Gasteiger charge is -2.23. The Balaban J connectivity index is 1.48. The van der Waals surface area contributed by atoms with E-state index in [1.807, 2.05) is 47.1 Å². The fourth-order valence-electron chi connectivity index (χ4n) is 4.66. The molecule has 2 aromatic heterocycles. The zero-order chi connectivity index (χ0) is 25.2. The lowest BCUT2D eigenvalue weighted by atomic mass is 10.0. The molecule has 4 aromatic rings. The minimum atomic E-state index is -0.199. The van der Waals surface area contributed by atoms with Crippen molar-refractivity contribution in [3.05, 3.63) is 59.9 Å². The number of nitrogen functional groups attached to an aromatic ring is 1. The fraction of sp³-hybridized carbons (Fsp3) is 0.333. The Bertz CT molecular complexity index is 1390. The maximum atomic E-state index is 12.9. The van der Waals surface area contributed by atoms with Crippen LogP contribution in [0.15, 0.2) is 48.8 Å². The van der Waals surface area contributed by atoms with Gasteiger partial charge in [-0.2, -0.15) is 5.10 Å². The van der Waals surface area contributed by atoms with Gasteiger partial charge in [-0.25, -0.2) is 14.6 Å². The number of piperidine rings is 1. The first-order valence-corrected chi connectivity index (χ1v) is 12.3. The van der Waals surface area contributed by atoms with Crippen LogP contribution in [0.2, 0.25) is 0 Å². The van der Waals surface area contributed by atoms with Crippen LogP contribution in [-0.4, -0.2) is 45.9 Å². The smallest absolute Gasteiger partial charge is 0.255 e. The van der Waals surface area contributed by atoms with Crippen LogP contribution in [0.3, 0.4) is 0 Å². The number of rotatable bonds is 6. The summed E-state index contributed by atoms with van der Waals surface area (Å²) in [6.45, 7) is 6.12. The molecule has 1 saturated heterocycles. The van der Waals surface area contributed by atoms with Gasteiger partial charge in [0, 0.05) is 11.1 Å². The van der Waals surface area contributed by atoms with Gasteiger partial charge in [-0.15, -0.1) is 0 Å². The Morgan fingerprint density at radius 1 is 1.14 bits per heavy atom. The standard InChI is InChI=1S/C27H31N7O2/c1-16(2)17-4-6-18(7-5-17)27(35)32-21-9-8-19(14-22(21)36-3)24-23-25(28)30-15-31-26(23)34(33-24)20-10-12-29-13-11-20/h4-9,14-16,20,29H,10-13H2,1-3H3,(H,32,35)(H2,28,30,31). The van der Waals surface area contributed by atoms with Crippen LogP contribution >= 0.6 is 0 Å². The van der Waals surface area contributed by atoms with Gasteiger partial charge in [-0.1, -0.05) is 32.0 Å². The van der Waals surface area contributed by atoms with Gasteiger partial charge >= 0.3 is 0 Å². The van der Waals surface area contributed by atoms with Crippen molar-refractivity contribution in [1.82, 2.24) is 25.1 Å². The average Bonchev–Trinajstić information content (AvgIpc) is 3.30. The topological polar surface area (TPSA) is 120 Å². The summed E-state index contributed by atoms with van der Waals surface area (Å²) in [6.07, 6.45) is 3.41. The number of hydrogen-bond acceptors (Lipinski definition) is 7. The second-order valence-electron chi connectivity index (χ2n) is 9.38. The first-order valence-electron chi connectivity index (χ1n) is 12.3. The van der Waals surface area contributed by atoms with E-state index in [-0.39, 0.29) is 11.9 Å². The van der Waals surface area contributed by atoms with Crippen LogP contribution in [-0.2, 0) is 0 Å². The van der Waals surface area contributed by atoms with Gasteiger partial charge in [-0.05, 0) is 61.7 Å². The number of methoxy groups -OCH3 is 1. The molecule has 1 aliphatic heterocycles. The highest BCUT2D eigenvalue weighted by molar-refractivity contribution is 6.05. The number of benzene rings is 2. The second kappa shape index (κ2) is 9.94. The number of anilines is 2. The molecule has 1 amide bonds. The summed E-state index contributed by atoms with van der Waals surface area (Å²) < 4.78 is 7.62. The van der Waals surface area contributed by atoms with E-state index in [2.05, 4.69) is 34.4 Å². The molecule has 0 unspecified atom stereocenters. The van der Waals surface area contributed by atoms with Crippen molar-refractivity contribution in [3.8, 4) is 17.0 Å². The van der Waals surface area contributed by atoms with Crippen LogP contribution < -0.4 is 21.1 Å². The summed E-state index contributed by atoms with van der Waals surface area (Å²) in [6, 6.07) is 13.5. The molecule has 1 aliphatic rings. The molecule has 0 radical (unpaired) electrons. The maximum absolute atomic E-state index is 12.9. The van der Waals surface area contributed by atoms with Gasteiger partial charge in [0.15, 0.2) is 5.65 Å². The SMILES string of the molecule is COc1cc(-c2nn(C3CCNCC3)c3ncnc(N)c23)ccc1NC(=O)c1ccc(C(C)C)cc1. The van der Waals surface area contributed by atoms with Crippen LogP contribution in [0.5, 0.6) is 5.75 Å². The lowest BCUT2D eigenvalue weighted by Crippen LogP contribution is -2.30. The van der Waals surface area contributed by atoms with Crippen LogP contribution in [0, 0.1) is 0 Å². The van der Waals surface area contributed by atoms with Crippen molar-refractivity contribution >= 4 is 28.4 Å². The number of hydrogen-bond donors (Lipinski definition) is 3. The molecular formula is C27H31N7O2. The van der Waals surface area contributed by atoms with E-state index in [9.17, 15) is 4.79 Å². The second-order valence-corrected chi connectivity index (χ2v) is 9.38. The molecular weight excluding hydrogens is 454 g/mol. The predicted molar refractivity (Wildman–Crippen MR) is 141 cm³/mol. The molecule has 3 heterocycles. The molecule has 2 aromatic carbocycles. The summed E-state index contributed by atoms with van der Waals surface area (Å²) in [7, 11) is 1.58. The summed E-state index contributed by atoms with van der Waals surface area (Å²) in [4.78, 5) is 21.6. The Kier molecular flexibility index (Phi) is 6.56. The molecule has 9 heteroatoms. The van der Waals surface area contributed by atoms with E-state index < -0.39 is 0 Å². The van der Waals surface area contributed by atoms with E-state index in [1.165, 1.54) is 11.9 Å². The number of fused-ring (bicyclic) bond motifs is 1. The van der Waals surface area contributed by atoms with Crippen molar-refractivity contribution < 1.29 is 9.53 Å². The normalized spacial score (nSPS) is 14.3. The maximum Gasteiger partial charge on any atom is 0.255 e. The van der Waals surface area contributed by atoms with E-state index >= 15 is 0 Å². The highest BCUT2D eigenvalue weighted by Gasteiger charge is 2.24. The van der Waals surface area contributed by atoms with Gasteiger partial charge in [0.2, 0.25) is 0 Å². The lowest BCUT2D eigenvalue weighted by molar-refractivity contribution is 0.102. The van der Waals surface area contributed by atoms with Crippen LogP contribution in [0.1, 0.15) is 54.6 Å². The number of nitrogens with two attached hydrogens (primary N) is 1. The fourth-order valence-corrected chi connectivity index (χ4v) is 4.66. The van der Waals surface area contributed by atoms with Crippen molar-refractivity contribution in [2.24, 2.45) is 0 Å². The number of aromatic nitrogens is 4. The first kappa shape index (κ1) is 23.7. The highest BCUT2D eigenvalue weighted by Crippen LogP contribution is 2.37. The Hall–Kier alpha value is -3.98. The molecule has 0 aliphatic carbocycles.